The summed E-state index contributed by atoms with van der Waals surface area (Å²) in [4.78, 5) is 10.8. The standard InChI is InChI=1S/C9H9ClFNO2/c1-9(12,8(13)14)7-5(10)3-2-4-6(7)11/h2-4H,12H2,1H3,(H,13,14)/t9-/m0/s1. The molecule has 14 heavy (non-hydrogen) atoms. The molecule has 0 fully saturated rings. The lowest BCUT2D eigenvalue weighted by molar-refractivity contribution is -0.143. The summed E-state index contributed by atoms with van der Waals surface area (Å²) >= 11 is 5.67. The monoisotopic (exact) mass is 217 g/mol. The summed E-state index contributed by atoms with van der Waals surface area (Å²) in [6.07, 6.45) is 0. The normalized spacial score (nSPS) is 14.9. The molecular weight excluding hydrogens is 209 g/mol. The molecule has 0 heterocycles. The quantitative estimate of drug-likeness (QED) is 0.793. The number of carbonyl (C=O) groups is 1. The van der Waals surface area contributed by atoms with Gasteiger partial charge in [-0.05, 0) is 19.1 Å². The zero-order valence-electron chi connectivity index (χ0n) is 7.42. The molecule has 5 heteroatoms. The van der Waals surface area contributed by atoms with Gasteiger partial charge in [-0.1, -0.05) is 17.7 Å². The van der Waals surface area contributed by atoms with Crippen molar-refractivity contribution in [2.75, 3.05) is 0 Å². The van der Waals surface area contributed by atoms with Gasteiger partial charge in [-0.2, -0.15) is 0 Å². The highest BCUT2D eigenvalue weighted by molar-refractivity contribution is 6.31. The van der Waals surface area contributed by atoms with Crippen LogP contribution in [0.15, 0.2) is 18.2 Å². The van der Waals surface area contributed by atoms with E-state index in [1.807, 2.05) is 0 Å². The molecule has 0 amide bonds. The summed E-state index contributed by atoms with van der Waals surface area (Å²) in [6, 6.07) is 3.91. The van der Waals surface area contributed by atoms with Crippen LogP contribution in [0.5, 0.6) is 0 Å². The third kappa shape index (κ3) is 1.71. The Hall–Kier alpha value is -1.13. The van der Waals surface area contributed by atoms with Crippen molar-refractivity contribution in [3.05, 3.63) is 34.6 Å². The van der Waals surface area contributed by atoms with Crippen molar-refractivity contribution in [1.29, 1.82) is 0 Å². The molecule has 0 saturated heterocycles. The van der Waals surface area contributed by atoms with E-state index in [4.69, 9.17) is 22.4 Å². The predicted octanol–water partition coefficient (Wildman–Crippen LogP) is 1.74. The summed E-state index contributed by atoms with van der Waals surface area (Å²) in [5.41, 5.74) is 3.44. The van der Waals surface area contributed by atoms with Crippen molar-refractivity contribution in [2.45, 2.75) is 12.5 Å². The van der Waals surface area contributed by atoms with Crippen LogP contribution >= 0.6 is 11.6 Å². The second-order valence-corrected chi connectivity index (χ2v) is 3.51. The molecule has 1 aromatic rings. The number of rotatable bonds is 2. The lowest BCUT2D eigenvalue weighted by atomic mass is 9.93. The molecule has 0 aromatic heterocycles. The second-order valence-electron chi connectivity index (χ2n) is 3.10. The summed E-state index contributed by atoms with van der Waals surface area (Å²) in [5.74, 6) is -2.05. The van der Waals surface area contributed by atoms with Gasteiger partial charge in [0.2, 0.25) is 0 Å². The smallest absolute Gasteiger partial charge is 0.328 e. The molecule has 3 nitrogen and oxygen atoms in total. The first-order valence-electron chi connectivity index (χ1n) is 3.84. The van der Waals surface area contributed by atoms with Crippen LogP contribution in [0.25, 0.3) is 0 Å². The molecule has 0 aliphatic carbocycles. The Morgan fingerprint density at radius 2 is 2.21 bits per heavy atom. The van der Waals surface area contributed by atoms with E-state index in [-0.39, 0.29) is 10.6 Å². The highest BCUT2D eigenvalue weighted by Gasteiger charge is 2.34. The third-order valence-corrected chi connectivity index (χ3v) is 2.24. The van der Waals surface area contributed by atoms with E-state index < -0.39 is 17.3 Å². The average molecular weight is 218 g/mol. The Labute approximate surface area is 85.3 Å². The largest absolute Gasteiger partial charge is 0.480 e. The van der Waals surface area contributed by atoms with Gasteiger partial charge < -0.3 is 10.8 Å². The second kappa shape index (κ2) is 3.55. The minimum absolute atomic E-state index is 0.0115. The maximum atomic E-state index is 13.3. The molecular formula is C9H9ClFNO2. The van der Waals surface area contributed by atoms with Crippen LogP contribution in [-0.4, -0.2) is 11.1 Å². The van der Waals surface area contributed by atoms with Gasteiger partial charge in [0.1, 0.15) is 11.4 Å². The van der Waals surface area contributed by atoms with Crippen LogP contribution in [0.1, 0.15) is 12.5 Å². The number of carboxylic acid groups (broad SMARTS) is 1. The fourth-order valence-corrected chi connectivity index (χ4v) is 1.46. The molecule has 76 valence electrons. The van der Waals surface area contributed by atoms with Crippen LogP contribution in [0.3, 0.4) is 0 Å². The molecule has 1 rings (SSSR count). The third-order valence-electron chi connectivity index (χ3n) is 1.93. The van der Waals surface area contributed by atoms with Gasteiger partial charge in [0, 0.05) is 10.6 Å². The molecule has 0 aliphatic rings. The number of nitrogens with two attached hydrogens (primary N) is 1. The van der Waals surface area contributed by atoms with E-state index in [9.17, 15) is 9.18 Å². The molecule has 0 unspecified atom stereocenters. The molecule has 0 radical (unpaired) electrons. The molecule has 0 aliphatic heterocycles. The van der Waals surface area contributed by atoms with E-state index in [2.05, 4.69) is 0 Å². The van der Waals surface area contributed by atoms with Crippen LogP contribution in [0.4, 0.5) is 4.39 Å². The summed E-state index contributed by atoms with van der Waals surface area (Å²) < 4.78 is 13.3. The van der Waals surface area contributed by atoms with Gasteiger partial charge in [0.25, 0.3) is 0 Å². The lowest BCUT2D eigenvalue weighted by Crippen LogP contribution is -2.42. The highest BCUT2D eigenvalue weighted by Crippen LogP contribution is 2.28. The van der Waals surface area contributed by atoms with Crippen molar-refractivity contribution in [2.24, 2.45) is 5.73 Å². The summed E-state index contributed by atoms with van der Waals surface area (Å²) in [6.45, 7) is 1.19. The average Bonchev–Trinajstić information content (AvgIpc) is 2.02. The van der Waals surface area contributed by atoms with Crippen molar-refractivity contribution in [3.8, 4) is 0 Å². The zero-order chi connectivity index (χ0) is 10.9. The number of aliphatic carboxylic acids is 1. The van der Waals surface area contributed by atoms with Gasteiger partial charge in [-0.25, -0.2) is 9.18 Å². The van der Waals surface area contributed by atoms with Crippen LogP contribution in [0, 0.1) is 5.82 Å². The number of hydrogen-bond donors (Lipinski definition) is 2. The fraction of sp³-hybridized carbons (Fsp3) is 0.222. The Balaban J connectivity index is 3.38. The summed E-state index contributed by atoms with van der Waals surface area (Å²) in [7, 11) is 0. The van der Waals surface area contributed by atoms with E-state index in [1.54, 1.807) is 0 Å². The molecule has 0 spiro atoms. The van der Waals surface area contributed by atoms with Crippen molar-refractivity contribution in [3.63, 3.8) is 0 Å². The first-order chi connectivity index (χ1) is 6.37. The Morgan fingerprint density at radius 3 is 2.64 bits per heavy atom. The Morgan fingerprint density at radius 1 is 1.64 bits per heavy atom. The van der Waals surface area contributed by atoms with Gasteiger partial charge >= 0.3 is 5.97 Å². The number of hydrogen-bond acceptors (Lipinski definition) is 2. The van der Waals surface area contributed by atoms with E-state index in [0.29, 0.717) is 0 Å². The Bertz CT molecular complexity index is 359. The predicted molar refractivity (Wildman–Crippen MR) is 50.6 cm³/mol. The number of carboxylic acids is 1. The topological polar surface area (TPSA) is 63.3 Å². The van der Waals surface area contributed by atoms with Gasteiger partial charge in [0.05, 0.1) is 0 Å². The maximum absolute atomic E-state index is 13.3. The molecule has 1 atom stereocenters. The molecule has 0 bridgehead atoms. The lowest BCUT2D eigenvalue weighted by Gasteiger charge is -2.21. The Kier molecular flexibility index (Phi) is 2.78. The summed E-state index contributed by atoms with van der Waals surface area (Å²) in [5, 5.41) is 8.80. The zero-order valence-corrected chi connectivity index (χ0v) is 8.18. The first-order valence-corrected chi connectivity index (χ1v) is 4.22. The van der Waals surface area contributed by atoms with E-state index in [1.165, 1.54) is 19.1 Å². The van der Waals surface area contributed by atoms with Gasteiger partial charge in [-0.3, -0.25) is 0 Å². The number of halogens is 2. The SMILES string of the molecule is C[C@@](N)(C(=O)O)c1c(F)cccc1Cl. The van der Waals surface area contributed by atoms with E-state index >= 15 is 0 Å². The van der Waals surface area contributed by atoms with Crippen molar-refractivity contribution >= 4 is 17.6 Å². The minimum Gasteiger partial charge on any atom is -0.480 e. The highest BCUT2D eigenvalue weighted by atomic mass is 35.5. The molecule has 3 N–H and O–H groups in total. The molecule has 0 saturated carbocycles. The first kappa shape index (κ1) is 10.9. The van der Waals surface area contributed by atoms with E-state index in [0.717, 1.165) is 6.07 Å². The fourth-order valence-electron chi connectivity index (χ4n) is 1.10. The van der Waals surface area contributed by atoms with Gasteiger partial charge in [0.15, 0.2) is 0 Å². The van der Waals surface area contributed by atoms with Crippen molar-refractivity contribution in [1.82, 2.24) is 0 Å². The van der Waals surface area contributed by atoms with Crippen LogP contribution in [-0.2, 0) is 10.3 Å². The molecule has 1 aromatic carbocycles. The van der Waals surface area contributed by atoms with Gasteiger partial charge in [-0.15, -0.1) is 0 Å². The van der Waals surface area contributed by atoms with Crippen LogP contribution < -0.4 is 5.73 Å². The minimum atomic E-state index is -1.82. The maximum Gasteiger partial charge on any atom is 0.328 e. The number of benzene rings is 1. The van der Waals surface area contributed by atoms with Crippen LogP contribution in [0.2, 0.25) is 5.02 Å². The van der Waals surface area contributed by atoms with Crippen molar-refractivity contribution < 1.29 is 14.3 Å².